The second-order valence-corrected chi connectivity index (χ2v) is 10.0. The van der Waals surface area contributed by atoms with Crippen molar-refractivity contribution in [1.29, 1.82) is 0 Å². The van der Waals surface area contributed by atoms with Crippen LogP contribution in [0.4, 0.5) is 0 Å². The van der Waals surface area contributed by atoms with Gasteiger partial charge >= 0.3 is 0 Å². The van der Waals surface area contributed by atoms with E-state index in [1.54, 1.807) is 26.2 Å². The molecule has 0 radical (unpaired) electrons. The highest BCUT2D eigenvalue weighted by Gasteiger charge is 2.24. The van der Waals surface area contributed by atoms with E-state index < -0.39 is 16.1 Å². The molecule has 33 heavy (non-hydrogen) atoms. The van der Waals surface area contributed by atoms with E-state index in [2.05, 4.69) is 27.1 Å². The zero-order chi connectivity index (χ0) is 23.8. The van der Waals surface area contributed by atoms with Crippen molar-refractivity contribution < 1.29 is 22.7 Å². The van der Waals surface area contributed by atoms with Crippen molar-refractivity contribution in [2.75, 3.05) is 33.9 Å². The fraction of sp³-hybridized carbons (Fsp3) is 0.458. The van der Waals surface area contributed by atoms with Gasteiger partial charge in [-0.25, -0.2) is 8.42 Å². The second kappa shape index (κ2) is 11.5. The lowest BCUT2D eigenvalue weighted by atomic mass is 9.96. The fourth-order valence-electron chi connectivity index (χ4n) is 3.85. The molecule has 2 aromatic carbocycles. The number of ether oxygens (including phenoxy) is 2. The van der Waals surface area contributed by atoms with E-state index in [9.17, 15) is 13.2 Å². The third-order valence-electron chi connectivity index (χ3n) is 5.93. The molecule has 9 heteroatoms. The minimum absolute atomic E-state index is 0.0900. The lowest BCUT2D eigenvalue weighted by Gasteiger charge is -2.32. The van der Waals surface area contributed by atoms with Crippen LogP contribution in [0.1, 0.15) is 25.3 Å². The zero-order valence-corrected chi connectivity index (χ0v) is 20.2. The fourth-order valence-corrected chi connectivity index (χ4v) is 5.05. The Balaban J connectivity index is 1.41. The first-order chi connectivity index (χ1) is 15.8. The van der Waals surface area contributed by atoms with Gasteiger partial charge in [0, 0.05) is 13.1 Å². The Hall–Kier alpha value is -2.62. The van der Waals surface area contributed by atoms with Crippen LogP contribution in [-0.2, 0) is 21.4 Å². The molecule has 0 unspecified atom stereocenters. The molecule has 0 saturated carbocycles. The Morgan fingerprint density at radius 1 is 1.00 bits per heavy atom. The Kier molecular flexibility index (Phi) is 8.71. The van der Waals surface area contributed by atoms with E-state index in [0.717, 1.165) is 38.2 Å². The molecule has 3 rings (SSSR count). The van der Waals surface area contributed by atoms with Crippen molar-refractivity contribution in [1.82, 2.24) is 14.9 Å². The molecule has 2 N–H and O–H groups in total. The molecule has 2 aromatic rings. The zero-order valence-electron chi connectivity index (χ0n) is 19.4. The van der Waals surface area contributed by atoms with Crippen molar-refractivity contribution in [3.8, 4) is 11.5 Å². The molecular weight excluding hydrogens is 442 g/mol. The van der Waals surface area contributed by atoms with Gasteiger partial charge in [-0.15, -0.1) is 0 Å². The van der Waals surface area contributed by atoms with Crippen molar-refractivity contribution in [3.05, 3.63) is 54.1 Å². The largest absolute Gasteiger partial charge is 0.497 e. The highest BCUT2D eigenvalue weighted by Crippen LogP contribution is 2.20. The second-order valence-electron chi connectivity index (χ2n) is 8.33. The standard InChI is InChI=1S/C24H33N3O5S/c1-18(26-33(29,30)23-10-8-22(32-3)9-11-23)24(28)25-16-19-12-14-27(15-13-19)17-20-4-6-21(31-2)7-5-20/h4-11,18-19,26H,12-17H2,1-3H3,(H,25,28)/t18-/m0/s1. The number of methoxy groups -OCH3 is 2. The van der Waals surface area contributed by atoms with Gasteiger partial charge in [-0.1, -0.05) is 12.1 Å². The number of nitrogens with one attached hydrogen (secondary N) is 2. The van der Waals surface area contributed by atoms with Gasteiger partial charge in [0.1, 0.15) is 11.5 Å². The Bertz CT molecular complexity index is 1000. The van der Waals surface area contributed by atoms with Crippen LogP contribution in [0, 0.1) is 5.92 Å². The predicted molar refractivity (Wildman–Crippen MR) is 127 cm³/mol. The molecule has 8 nitrogen and oxygen atoms in total. The molecule has 1 atom stereocenters. The number of rotatable bonds is 10. The van der Waals surface area contributed by atoms with Crippen LogP contribution in [0.5, 0.6) is 11.5 Å². The lowest BCUT2D eigenvalue weighted by Crippen LogP contribution is -2.46. The van der Waals surface area contributed by atoms with Gasteiger partial charge in [-0.05, 0) is 80.7 Å². The average molecular weight is 476 g/mol. The first-order valence-corrected chi connectivity index (χ1v) is 12.6. The Morgan fingerprint density at radius 2 is 1.55 bits per heavy atom. The number of amides is 1. The molecule has 180 valence electrons. The van der Waals surface area contributed by atoms with Gasteiger partial charge in [0.25, 0.3) is 0 Å². The number of carbonyl (C=O) groups excluding carboxylic acids is 1. The average Bonchev–Trinajstić information content (AvgIpc) is 2.83. The summed E-state index contributed by atoms with van der Waals surface area (Å²) in [6.45, 7) is 4.92. The third-order valence-corrected chi connectivity index (χ3v) is 7.49. The number of hydrogen-bond acceptors (Lipinski definition) is 6. The summed E-state index contributed by atoms with van der Waals surface area (Å²) in [4.78, 5) is 15.0. The monoisotopic (exact) mass is 475 g/mol. The third kappa shape index (κ3) is 7.18. The minimum Gasteiger partial charge on any atom is -0.497 e. The van der Waals surface area contributed by atoms with Gasteiger partial charge in [0.2, 0.25) is 15.9 Å². The minimum atomic E-state index is -3.80. The number of carbonyl (C=O) groups is 1. The molecular formula is C24H33N3O5S. The van der Waals surface area contributed by atoms with Crippen LogP contribution >= 0.6 is 0 Å². The maximum Gasteiger partial charge on any atom is 0.241 e. The smallest absolute Gasteiger partial charge is 0.241 e. The first-order valence-electron chi connectivity index (χ1n) is 11.1. The number of hydrogen-bond donors (Lipinski definition) is 2. The van der Waals surface area contributed by atoms with Crippen LogP contribution < -0.4 is 19.5 Å². The van der Waals surface area contributed by atoms with Crippen molar-refractivity contribution in [3.63, 3.8) is 0 Å². The summed E-state index contributed by atoms with van der Waals surface area (Å²) < 4.78 is 37.8. The van der Waals surface area contributed by atoms with E-state index in [0.29, 0.717) is 18.2 Å². The maximum absolute atomic E-state index is 12.5. The predicted octanol–water partition coefficient (Wildman–Crippen LogP) is 2.40. The SMILES string of the molecule is COc1ccc(CN2CCC(CNC(=O)[C@H](C)NS(=O)(=O)c3ccc(OC)cc3)CC2)cc1. The molecule has 0 bridgehead atoms. The number of sulfonamides is 1. The van der Waals surface area contributed by atoms with E-state index in [1.807, 2.05) is 12.1 Å². The first kappa shape index (κ1) is 25.0. The van der Waals surface area contributed by atoms with Crippen LogP contribution in [0.25, 0.3) is 0 Å². The summed E-state index contributed by atoms with van der Waals surface area (Å²) in [5.41, 5.74) is 1.25. The van der Waals surface area contributed by atoms with Crippen LogP contribution in [0.15, 0.2) is 53.4 Å². The van der Waals surface area contributed by atoms with E-state index in [-0.39, 0.29) is 10.8 Å². The normalized spacial score (nSPS) is 16.2. The molecule has 0 aliphatic carbocycles. The van der Waals surface area contributed by atoms with Gasteiger partial charge in [-0.3, -0.25) is 9.69 Å². The molecule has 1 aliphatic heterocycles. The van der Waals surface area contributed by atoms with E-state index in [1.165, 1.54) is 24.8 Å². The molecule has 1 aliphatic rings. The quantitative estimate of drug-likeness (QED) is 0.548. The summed E-state index contributed by atoms with van der Waals surface area (Å²) >= 11 is 0. The molecule has 1 fully saturated rings. The van der Waals surface area contributed by atoms with Crippen LogP contribution in [-0.4, -0.2) is 59.1 Å². The number of likely N-dealkylation sites (tertiary alicyclic amines) is 1. The summed E-state index contributed by atoms with van der Waals surface area (Å²) in [5.74, 6) is 1.47. The lowest BCUT2D eigenvalue weighted by molar-refractivity contribution is -0.122. The summed E-state index contributed by atoms with van der Waals surface area (Å²) in [6, 6.07) is 13.3. The maximum atomic E-state index is 12.5. The van der Waals surface area contributed by atoms with Crippen LogP contribution in [0.2, 0.25) is 0 Å². The number of nitrogens with zero attached hydrogens (tertiary/aromatic N) is 1. The van der Waals surface area contributed by atoms with E-state index in [4.69, 9.17) is 9.47 Å². The molecule has 0 aromatic heterocycles. The van der Waals surface area contributed by atoms with Crippen molar-refractivity contribution in [2.45, 2.75) is 37.2 Å². The topological polar surface area (TPSA) is 97.0 Å². The Morgan fingerprint density at radius 3 is 2.09 bits per heavy atom. The van der Waals surface area contributed by atoms with Crippen LogP contribution in [0.3, 0.4) is 0 Å². The molecule has 1 amide bonds. The summed E-state index contributed by atoms with van der Waals surface area (Å²) in [7, 11) is -0.620. The van der Waals surface area contributed by atoms with Gasteiger partial charge < -0.3 is 14.8 Å². The highest BCUT2D eigenvalue weighted by atomic mass is 32.2. The molecule has 1 heterocycles. The highest BCUT2D eigenvalue weighted by molar-refractivity contribution is 7.89. The van der Waals surface area contributed by atoms with Gasteiger partial charge in [-0.2, -0.15) is 4.72 Å². The van der Waals surface area contributed by atoms with Gasteiger partial charge in [0.05, 0.1) is 25.2 Å². The van der Waals surface area contributed by atoms with E-state index >= 15 is 0 Å². The van der Waals surface area contributed by atoms with Gasteiger partial charge in [0.15, 0.2) is 0 Å². The summed E-state index contributed by atoms with van der Waals surface area (Å²) in [6.07, 6.45) is 1.98. The summed E-state index contributed by atoms with van der Waals surface area (Å²) in [5, 5.41) is 2.90. The van der Waals surface area contributed by atoms with Crippen molar-refractivity contribution >= 4 is 15.9 Å². The Labute approximate surface area is 196 Å². The van der Waals surface area contributed by atoms with Crippen molar-refractivity contribution in [2.24, 2.45) is 5.92 Å². The molecule has 1 saturated heterocycles. The number of piperidine rings is 1. The molecule has 0 spiro atoms. The number of benzene rings is 2.